The maximum atomic E-state index is 13.1. The quantitative estimate of drug-likeness (QED) is 0.776. The van der Waals surface area contributed by atoms with E-state index in [0.717, 1.165) is 31.7 Å². The Morgan fingerprint density at radius 1 is 1.30 bits per heavy atom. The number of aliphatic hydroxyl groups excluding tert-OH is 1. The van der Waals surface area contributed by atoms with Crippen LogP contribution in [0.2, 0.25) is 0 Å². The van der Waals surface area contributed by atoms with Crippen molar-refractivity contribution in [1.82, 2.24) is 0 Å². The second kappa shape index (κ2) is 6.22. The number of rotatable bonds is 5. The zero-order chi connectivity index (χ0) is 14.6. The molecular weight excluding hydrogens is 261 g/mol. The van der Waals surface area contributed by atoms with Gasteiger partial charge >= 0.3 is 5.97 Å². The van der Waals surface area contributed by atoms with Crippen LogP contribution in [0.25, 0.3) is 0 Å². The lowest BCUT2D eigenvalue weighted by atomic mass is 9.74. The van der Waals surface area contributed by atoms with E-state index in [1.54, 1.807) is 0 Å². The number of anilines is 1. The smallest absolute Gasteiger partial charge is 0.337 e. The molecule has 0 heterocycles. The standard InChI is InChI=1S/C15H20FNO3/c16-11-4-5-13(12(8-11)14(19)20)17-9-15(10-18)6-2-1-3-7-15/h4-5,8,17-18H,1-3,6-7,9-10H2,(H,19,20). The molecular formula is C15H20FNO3. The number of carboxylic acid groups (broad SMARTS) is 1. The third-order valence-electron chi connectivity index (χ3n) is 4.12. The fourth-order valence-corrected chi connectivity index (χ4v) is 2.82. The third-order valence-corrected chi connectivity index (χ3v) is 4.12. The van der Waals surface area contributed by atoms with Crippen LogP contribution >= 0.6 is 0 Å². The van der Waals surface area contributed by atoms with Crippen molar-refractivity contribution in [3.8, 4) is 0 Å². The number of benzene rings is 1. The summed E-state index contributed by atoms with van der Waals surface area (Å²) in [5.41, 5.74) is 0.133. The first-order chi connectivity index (χ1) is 9.56. The Balaban J connectivity index is 2.11. The highest BCUT2D eigenvalue weighted by Gasteiger charge is 2.31. The van der Waals surface area contributed by atoms with E-state index in [4.69, 9.17) is 5.11 Å². The molecule has 4 nitrogen and oxygen atoms in total. The van der Waals surface area contributed by atoms with Gasteiger partial charge in [0.15, 0.2) is 0 Å². The molecule has 0 amide bonds. The zero-order valence-corrected chi connectivity index (χ0v) is 11.4. The summed E-state index contributed by atoms with van der Waals surface area (Å²) in [6, 6.07) is 3.69. The van der Waals surface area contributed by atoms with Crippen molar-refractivity contribution in [2.45, 2.75) is 32.1 Å². The van der Waals surface area contributed by atoms with Crippen molar-refractivity contribution in [3.05, 3.63) is 29.6 Å². The van der Waals surface area contributed by atoms with Crippen molar-refractivity contribution in [2.24, 2.45) is 5.41 Å². The second-order valence-electron chi connectivity index (χ2n) is 5.57. The maximum Gasteiger partial charge on any atom is 0.337 e. The van der Waals surface area contributed by atoms with Gasteiger partial charge in [0.25, 0.3) is 0 Å². The lowest BCUT2D eigenvalue weighted by molar-refractivity contribution is 0.0697. The Bertz CT molecular complexity index is 484. The Hall–Kier alpha value is -1.62. The first-order valence-corrected chi connectivity index (χ1v) is 6.94. The number of aliphatic hydroxyl groups is 1. The highest BCUT2D eigenvalue weighted by atomic mass is 19.1. The first kappa shape index (κ1) is 14.8. The molecule has 2 rings (SSSR count). The number of carbonyl (C=O) groups is 1. The molecule has 3 N–H and O–H groups in total. The fraction of sp³-hybridized carbons (Fsp3) is 0.533. The number of halogens is 1. The third kappa shape index (κ3) is 3.28. The molecule has 20 heavy (non-hydrogen) atoms. The van der Waals surface area contributed by atoms with Gasteiger partial charge in [0, 0.05) is 17.6 Å². The van der Waals surface area contributed by atoms with Crippen molar-refractivity contribution in [1.29, 1.82) is 0 Å². The van der Waals surface area contributed by atoms with E-state index in [1.807, 2.05) is 0 Å². The first-order valence-electron chi connectivity index (χ1n) is 6.94. The fourth-order valence-electron chi connectivity index (χ4n) is 2.82. The van der Waals surface area contributed by atoms with E-state index in [2.05, 4.69) is 5.32 Å². The number of aromatic carboxylic acids is 1. The molecule has 0 unspecified atom stereocenters. The second-order valence-corrected chi connectivity index (χ2v) is 5.57. The summed E-state index contributed by atoms with van der Waals surface area (Å²) in [6.45, 7) is 0.596. The molecule has 1 aliphatic rings. The average molecular weight is 281 g/mol. The van der Waals surface area contributed by atoms with Gasteiger partial charge in [-0.3, -0.25) is 0 Å². The Labute approximate surface area is 117 Å². The van der Waals surface area contributed by atoms with E-state index in [0.29, 0.717) is 12.2 Å². The summed E-state index contributed by atoms with van der Waals surface area (Å²) in [5, 5.41) is 21.8. The molecule has 0 bridgehead atoms. The van der Waals surface area contributed by atoms with Gasteiger partial charge in [0.2, 0.25) is 0 Å². The van der Waals surface area contributed by atoms with Crippen molar-refractivity contribution < 1.29 is 19.4 Å². The zero-order valence-electron chi connectivity index (χ0n) is 11.4. The molecule has 0 radical (unpaired) electrons. The molecule has 0 aliphatic heterocycles. The lowest BCUT2D eigenvalue weighted by Crippen LogP contribution is -2.35. The summed E-state index contributed by atoms with van der Waals surface area (Å²) < 4.78 is 13.1. The summed E-state index contributed by atoms with van der Waals surface area (Å²) in [7, 11) is 0. The van der Waals surface area contributed by atoms with Gasteiger partial charge in [-0.25, -0.2) is 9.18 Å². The summed E-state index contributed by atoms with van der Waals surface area (Å²) >= 11 is 0. The molecule has 110 valence electrons. The van der Waals surface area contributed by atoms with E-state index in [9.17, 15) is 14.3 Å². The van der Waals surface area contributed by atoms with Gasteiger partial charge < -0.3 is 15.5 Å². The van der Waals surface area contributed by atoms with Crippen molar-refractivity contribution in [3.63, 3.8) is 0 Å². The minimum absolute atomic E-state index is 0.0751. The van der Waals surface area contributed by atoms with Crippen molar-refractivity contribution >= 4 is 11.7 Å². The van der Waals surface area contributed by atoms with Crippen LogP contribution in [0.4, 0.5) is 10.1 Å². The highest BCUT2D eigenvalue weighted by Crippen LogP contribution is 2.36. The van der Waals surface area contributed by atoms with Crippen LogP contribution in [0.3, 0.4) is 0 Å². The van der Waals surface area contributed by atoms with Crippen LogP contribution in [-0.2, 0) is 0 Å². The largest absolute Gasteiger partial charge is 0.478 e. The van der Waals surface area contributed by atoms with E-state index >= 15 is 0 Å². The van der Waals surface area contributed by atoms with Crippen LogP contribution in [0.5, 0.6) is 0 Å². The van der Waals surface area contributed by atoms with E-state index < -0.39 is 11.8 Å². The minimum Gasteiger partial charge on any atom is -0.478 e. The van der Waals surface area contributed by atoms with Crippen LogP contribution in [0.1, 0.15) is 42.5 Å². The van der Waals surface area contributed by atoms with Gasteiger partial charge in [-0.1, -0.05) is 19.3 Å². The minimum atomic E-state index is -1.16. The topological polar surface area (TPSA) is 69.6 Å². The monoisotopic (exact) mass is 281 g/mol. The molecule has 1 aromatic rings. The van der Waals surface area contributed by atoms with Crippen molar-refractivity contribution in [2.75, 3.05) is 18.5 Å². The predicted octanol–water partition coefficient (Wildman–Crippen LogP) is 2.88. The van der Waals surface area contributed by atoms with E-state index in [-0.39, 0.29) is 17.6 Å². The number of nitrogens with one attached hydrogen (secondary N) is 1. The average Bonchev–Trinajstić information content (AvgIpc) is 2.47. The molecule has 1 fully saturated rings. The number of hydrogen-bond donors (Lipinski definition) is 3. The van der Waals surface area contributed by atoms with Crippen LogP contribution in [0.15, 0.2) is 18.2 Å². The lowest BCUT2D eigenvalue weighted by Gasteiger charge is -2.36. The Kier molecular flexibility index (Phi) is 4.60. The Morgan fingerprint density at radius 3 is 2.60 bits per heavy atom. The molecule has 1 aromatic carbocycles. The number of carboxylic acids is 1. The SMILES string of the molecule is O=C(O)c1cc(F)ccc1NCC1(CO)CCCCC1. The number of hydrogen-bond acceptors (Lipinski definition) is 3. The summed E-state index contributed by atoms with van der Waals surface area (Å²) in [5.74, 6) is -1.73. The highest BCUT2D eigenvalue weighted by molar-refractivity contribution is 5.94. The van der Waals surface area contributed by atoms with Crippen LogP contribution in [0, 0.1) is 11.2 Å². The van der Waals surface area contributed by atoms with Gasteiger partial charge in [0.05, 0.1) is 12.2 Å². The molecule has 1 saturated carbocycles. The summed E-state index contributed by atoms with van der Waals surface area (Å²) in [4.78, 5) is 11.1. The van der Waals surface area contributed by atoms with Gasteiger partial charge in [0.1, 0.15) is 5.82 Å². The molecule has 0 spiro atoms. The normalized spacial score (nSPS) is 17.7. The van der Waals surface area contributed by atoms with Gasteiger partial charge in [-0.2, -0.15) is 0 Å². The van der Waals surface area contributed by atoms with Crippen LogP contribution in [-0.4, -0.2) is 29.3 Å². The van der Waals surface area contributed by atoms with E-state index in [1.165, 1.54) is 18.6 Å². The molecule has 5 heteroatoms. The van der Waals surface area contributed by atoms with Crippen LogP contribution < -0.4 is 5.32 Å². The predicted molar refractivity (Wildman–Crippen MR) is 74.5 cm³/mol. The molecule has 0 atom stereocenters. The van der Waals surface area contributed by atoms with Gasteiger partial charge in [-0.15, -0.1) is 0 Å². The molecule has 0 aromatic heterocycles. The maximum absolute atomic E-state index is 13.1. The molecule has 1 aliphatic carbocycles. The molecule has 0 saturated heterocycles. The summed E-state index contributed by atoms with van der Waals surface area (Å²) in [6.07, 6.45) is 5.20. The Morgan fingerprint density at radius 2 is 2.00 bits per heavy atom. The van der Waals surface area contributed by atoms with Gasteiger partial charge in [-0.05, 0) is 31.0 Å².